The van der Waals surface area contributed by atoms with E-state index in [9.17, 15) is 14.7 Å². The van der Waals surface area contributed by atoms with E-state index >= 15 is 0 Å². The van der Waals surface area contributed by atoms with E-state index in [0.717, 1.165) is 27.8 Å². The number of nitrogens with zero attached hydrogens (tertiary/aromatic N) is 3. The molecule has 0 aliphatic carbocycles. The van der Waals surface area contributed by atoms with Gasteiger partial charge in [-0.05, 0) is 102 Å². The fourth-order valence-corrected chi connectivity index (χ4v) is 9.66. The number of aliphatic hydroxyl groups excluding tert-OH is 1. The zero-order valence-electron chi connectivity index (χ0n) is 35.6. The molecule has 0 saturated carbocycles. The molecule has 0 aromatic heterocycles. The first-order valence-corrected chi connectivity index (χ1v) is 20.4. The van der Waals surface area contributed by atoms with Gasteiger partial charge in [-0.2, -0.15) is 0 Å². The average molecular weight is 790 g/mol. The maximum absolute atomic E-state index is 13.8. The van der Waals surface area contributed by atoms with Crippen LogP contribution in [0.3, 0.4) is 0 Å². The molecule has 4 heterocycles. The molecule has 1 N–H and O–H groups in total. The molecule has 1 amide bonds. The van der Waals surface area contributed by atoms with E-state index in [1.54, 1.807) is 25.9 Å². The van der Waals surface area contributed by atoms with Crippen molar-refractivity contribution in [3.8, 4) is 5.75 Å². The second-order valence-corrected chi connectivity index (χ2v) is 17.3. The van der Waals surface area contributed by atoms with Crippen LogP contribution in [-0.2, 0) is 28.5 Å². The highest BCUT2D eigenvalue weighted by atomic mass is 16.7. The smallest absolute Gasteiger partial charge is 0.410 e. The van der Waals surface area contributed by atoms with E-state index in [4.69, 9.17) is 33.4 Å². The van der Waals surface area contributed by atoms with Crippen molar-refractivity contribution in [3.63, 3.8) is 0 Å². The van der Waals surface area contributed by atoms with Crippen molar-refractivity contribution in [2.24, 2.45) is 22.7 Å². The number of rotatable bonds is 8. The molecule has 2 aromatic carbocycles. The van der Waals surface area contributed by atoms with Gasteiger partial charge in [0, 0.05) is 35.7 Å². The number of carbonyl (C=O) groups excluding carboxylic acids is 2. The molecule has 2 aromatic rings. The largest absolute Gasteiger partial charge is 0.497 e. The van der Waals surface area contributed by atoms with Gasteiger partial charge in [0.1, 0.15) is 18.0 Å². The summed E-state index contributed by atoms with van der Waals surface area (Å²) < 4.78 is 37.9. The summed E-state index contributed by atoms with van der Waals surface area (Å²) in [5.74, 6) is -0.457. The highest BCUT2D eigenvalue weighted by molar-refractivity contribution is 5.91. The van der Waals surface area contributed by atoms with Gasteiger partial charge in [0.05, 0.1) is 44.1 Å². The zero-order valence-corrected chi connectivity index (χ0v) is 35.6. The minimum Gasteiger partial charge on any atom is -0.497 e. The number of benzene rings is 2. The summed E-state index contributed by atoms with van der Waals surface area (Å²) in [4.78, 5) is 36.1. The molecule has 0 spiro atoms. The number of methoxy groups -OCH3 is 1. The van der Waals surface area contributed by atoms with E-state index in [2.05, 4.69) is 32.0 Å². The van der Waals surface area contributed by atoms with E-state index < -0.39 is 59.8 Å². The summed E-state index contributed by atoms with van der Waals surface area (Å²) in [5.41, 5.74) is 0.242. The third kappa shape index (κ3) is 8.81. The topological polar surface area (TPSA) is 129 Å². The van der Waals surface area contributed by atoms with Crippen molar-refractivity contribution >= 4 is 34.6 Å². The number of hydrogen-bond acceptors (Lipinski definition) is 11. The second-order valence-electron chi connectivity index (χ2n) is 17.3. The third-order valence-electron chi connectivity index (χ3n) is 12.7. The number of amides is 1. The van der Waals surface area contributed by atoms with E-state index in [-0.39, 0.29) is 30.6 Å². The van der Waals surface area contributed by atoms with Crippen LogP contribution in [0, 0.1) is 17.8 Å². The van der Waals surface area contributed by atoms with Gasteiger partial charge in [-0.15, -0.1) is 0 Å². The first-order chi connectivity index (χ1) is 26.9. The maximum atomic E-state index is 13.8. The third-order valence-corrected chi connectivity index (χ3v) is 12.7. The minimum absolute atomic E-state index is 0.124. The van der Waals surface area contributed by atoms with Gasteiger partial charge >= 0.3 is 12.1 Å². The predicted octanol–water partition coefficient (Wildman–Crippen LogP) is 6.67. The summed E-state index contributed by atoms with van der Waals surface area (Å²) in [5, 5.41) is 13.9. The van der Waals surface area contributed by atoms with Crippen molar-refractivity contribution in [2.45, 2.75) is 122 Å². The fourth-order valence-electron chi connectivity index (χ4n) is 9.66. The lowest BCUT2D eigenvalue weighted by molar-refractivity contribution is -0.295. The van der Waals surface area contributed by atoms with Crippen LogP contribution in [0.15, 0.2) is 59.1 Å². The Morgan fingerprint density at radius 1 is 1.05 bits per heavy atom. The molecule has 4 aliphatic rings. The SMILES string of the molecule is COc1ccc2cc(/C=C/CO[C@@]3(C)C[C@@H](C)C4=NCCN5C(=O)O[C@](C)([C@H](C)OC(=O)/C(C)=C/[C@H](C)[C@H]3O[C@H]3O[C@@H](C)C[C@@H](N(C)C)C3O)[C@H]5[C@@H]4C)ccc2c1. The number of aliphatic imine (C=N–C) groups is 1. The number of esters is 1. The average Bonchev–Trinajstić information content (AvgIpc) is 3.29. The molecule has 2 bridgehead atoms. The van der Waals surface area contributed by atoms with Crippen LogP contribution in [0.25, 0.3) is 16.8 Å². The number of aliphatic hydroxyl groups is 1. The monoisotopic (exact) mass is 789 g/mol. The van der Waals surface area contributed by atoms with Crippen molar-refractivity contribution in [1.29, 1.82) is 0 Å². The highest BCUT2D eigenvalue weighted by Crippen LogP contribution is 2.43. The highest BCUT2D eigenvalue weighted by Gasteiger charge is 2.59. The minimum atomic E-state index is -1.10. The molecule has 2 saturated heterocycles. The summed E-state index contributed by atoms with van der Waals surface area (Å²) in [6.45, 7) is 16.7. The molecule has 1 unspecified atom stereocenters. The van der Waals surface area contributed by atoms with Crippen LogP contribution >= 0.6 is 0 Å². The Balaban J connectivity index is 1.39. The van der Waals surface area contributed by atoms with Crippen molar-refractivity contribution in [2.75, 3.05) is 40.9 Å². The lowest BCUT2D eigenvalue weighted by Crippen LogP contribution is -2.59. The van der Waals surface area contributed by atoms with Crippen molar-refractivity contribution < 1.29 is 43.1 Å². The molecular weight excluding hydrogens is 727 g/mol. The molecule has 12 nitrogen and oxygen atoms in total. The lowest BCUT2D eigenvalue weighted by atomic mass is 9.74. The van der Waals surface area contributed by atoms with Crippen LogP contribution in [0.2, 0.25) is 0 Å². The van der Waals surface area contributed by atoms with E-state index in [0.29, 0.717) is 31.5 Å². The number of likely N-dealkylation sites (N-methyl/N-ethyl adjacent to an activating group) is 1. The van der Waals surface area contributed by atoms with Crippen LogP contribution in [-0.4, -0.2) is 128 Å². The Kier molecular flexibility index (Phi) is 12.9. The van der Waals surface area contributed by atoms with Crippen LogP contribution in [0.1, 0.15) is 73.8 Å². The molecule has 312 valence electrons. The second kappa shape index (κ2) is 17.2. The van der Waals surface area contributed by atoms with Crippen molar-refractivity contribution in [3.05, 3.63) is 59.7 Å². The molecule has 12 atom stereocenters. The number of fused-ring (bicyclic) bond motifs is 2. The predicted molar refractivity (Wildman–Crippen MR) is 220 cm³/mol. The van der Waals surface area contributed by atoms with E-state index in [1.165, 1.54) is 0 Å². The van der Waals surface area contributed by atoms with Gasteiger partial charge in [-0.3, -0.25) is 9.89 Å². The van der Waals surface area contributed by atoms with Crippen molar-refractivity contribution in [1.82, 2.24) is 9.80 Å². The maximum Gasteiger partial charge on any atom is 0.410 e. The van der Waals surface area contributed by atoms with Gasteiger partial charge in [0.15, 0.2) is 11.9 Å². The van der Waals surface area contributed by atoms with Gasteiger partial charge in [-0.25, -0.2) is 9.59 Å². The van der Waals surface area contributed by atoms with Crippen LogP contribution in [0.4, 0.5) is 4.79 Å². The number of carbonyl (C=O) groups is 2. The number of ether oxygens (including phenoxy) is 6. The zero-order chi connectivity index (χ0) is 41.4. The lowest BCUT2D eigenvalue weighted by Gasteiger charge is -2.47. The van der Waals surface area contributed by atoms with Gasteiger partial charge in [0.2, 0.25) is 0 Å². The quantitative estimate of drug-likeness (QED) is 0.290. The normalized spacial score (nSPS) is 37.6. The van der Waals surface area contributed by atoms with E-state index in [1.807, 2.05) is 83.1 Å². The Labute approximate surface area is 338 Å². The first kappa shape index (κ1) is 42.8. The van der Waals surface area contributed by atoms with Crippen LogP contribution in [0.5, 0.6) is 5.75 Å². The summed E-state index contributed by atoms with van der Waals surface area (Å²) in [7, 11) is 5.56. The first-order valence-electron chi connectivity index (χ1n) is 20.4. The Morgan fingerprint density at radius 2 is 1.77 bits per heavy atom. The molecular formula is C45H63N3O9. The van der Waals surface area contributed by atoms with Gasteiger partial charge in [-0.1, -0.05) is 57.2 Å². The Bertz CT molecular complexity index is 1880. The summed E-state index contributed by atoms with van der Waals surface area (Å²) >= 11 is 0. The molecule has 2 fully saturated rings. The summed E-state index contributed by atoms with van der Waals surface area (Å²) in [6, 6.07) is 11.7. The van der Waals surface area contributed by atoms with Gasteiger partial charge in [0.25, 0.3) is 0 Å². The van der Waals surface area contributed by atoms with Gasteiger partial charge < -0.3 is 38.4 Å². The molecule has 4 aliphatic heterocycles. The summed E-state index contributed by atoms with van der Waals surface area (Å²) in [6.07, 6.45) is 3.11. The Hall–Kier alpha value is -3.81. The standard InChI is InChI=1S/C45H63N3O9/c1-26-21-27(2)41(50)55-31(6)45(8)39-30(5)37(46-18-19-48(39)43(51)57-45)28(3)25-44(7,40(26)56-42-38(49)36(47(9)10)22-29(4)54-42)53-20-12-13-32-14-15-34-24-35(52-11)17-16-33(34)23-32/h12-17,21,23-24,26,28-31,36,38-40,42,49H,18-20,22,25H2,1-11H3/b13-12+,27-21+/t26-,28+,29-,30+,31-,36+,38?,39+,40+,42+,44-,45+/m0/s1. The van der Waals surface area contributed by atoms with Crippen LogP contribution < -0.4 is 4.74 Å². The number of hydrogen-bond donors (Lipinski definition) is 1. The number of cyclic esters (lactones) is 1. The Morgan fingerprint density at radius 3 is 2.49 bits per heavy atom. The molecule has 6 rings (SSSR count). The molecule has 0 radical (unpaired) electrons. The fraction of sp³-hybridized carbons (Fsp3) is 0.622. The molecule has 57 heavy (non-hydrogen) atoms. The molecule has 12 heteroatoms.